The summed E-state index contributed by atoms with van der Waals surface area (Å²) >= 11 is 0. The Morgan fingerprint density at radius 1 is 1.00 bits per heavy atom. The third-order valence-electron chi connectivity index (χ3n) is 9.54. The van der Waals surface area contributed by atoms with Crippen molar-refractivity contribution in [2.75, 3.05) is 37.7 Å². The van der Waals surface area contributed by atoms with E-state index in [0.29, 0.717) is 30.0 Å². The van der Waals surface area contributed by atoms with Crippen LogP contribution in [0, 0.1) is 26.7 Å². The molecule has 0 N–H and O–H groups in total. The first-order chi connectivity index (χ1) is 19.4. The van der Waals surface area contributed by atoms with E-state index in [-0.39, 0.29) is 17.6 Å². The van der Waals surface area contributed by atoms with Crippen molar-refractivity contribution in [3.63, 3.8) is 0 Å². The van der Waals surface area contributed by atoms with Crippen molar-refractivity contribution in [1.29, 1.82) is 0 Å². The number of hydrogen-bond acceptors (Lipinski definition) is 7. The molecule has 212 valence electrons. The van der Waals surface area contributed by atoms with E-state index in [1.165, 1.54) is 11.3 Å². The number of carbonyl (C=O) groups excluding carboxylic acids is 1. The van der Waals surface area contributed by atoms with Gasteiger partial charge >= 0.3 is 0 Å². The standard InChI is InChI=1S/C31H40N6O3/c1-20-28(21(2)37-30(32-20)33-22(3)34-37)40-27-12-15-35(18-27)26-10-8-24(9-11-26)23-4-6-25(7-5-23)29(38)36-16-17-39-31(19-36)13-14-31/h8-11,23,25,27H,4-7,12-19H2,1-3H3. The number of amides is 1. The molecule has 1 unspecified atom stereocenters. The summed E-state index contributed by atoms with van der Waals surface area (Å²) in [5.41, 5.74) is 4.45. The van der Waals surface area contributed by atoms with E-state index in [1.54, 1.807) is 4.52 Å². The van der Waals surface area contributed by atoms with Gasteiger partial charge in [-0.25, -0.2) is 4.98 Å². The number of aromatic nitrogens is 4. The molecule has 1 spiro atoms. The SMILES string of the molecule is Cc1nc2nc(C)c(OC3CCN(c4ccc(C5CCC(C(=O)N6CCOC7(CC7)C6)CC5)cc4)C3)c(C)n2n1. The molecular formula is C31H40N6O3. The van der Waals surface area contributed by atoms with Crippen molar-refractivity contribution in [2.45, 2.75) is 83.3 Å². The third-order valence-corrected chi connectivity index (χ3v) is 9.54. The van der Waals surface area contributed by atoms with E-state index in [2.05, 4.69) is 49.1 Å². The highest BCUT2D eigenvalue weighted by Gasteiger charge is 2.49. The van der Waals surface area contributed by atoms with Crippen LogP contribution < -0.4 is 9.64 Å². The van der Waals surface area contributed by atoms with Gasteiger partial charge < -0.3 is 19.3 Å². The van der Waals surface area contributed by atoms with Crippen molar-refractivity contribution < 1.29 is 14.3 Å². The molecule has 40 heavy (non-hydrogen) atoms. The summed E-state index contributed by atoms with van der Waals surface area (Å²) < 4.78 is 14.2. The molecule has 9 heteroatoms. The maximum atomic E-state index is 13.2. The molecule has 1 aromatic carbocycles. The fourth-order valence-corrected chi connectivity index (χ4v) is 7.02. The Balaban J connectivity index is 0.936. The topological polar surface area (TPSA) is 85.1 Å². The predicted molar refractivity (Wildman–Crippen MR) is 152 cm³/mol. The van der Waals surface area contributed by atoms with Crippen LogP contribution in [0.4, 0.5) is 5.69 Å². The largest absolute Gasteiger partial charge is 0.485 e. The molecule has 1 atom stereocenters. The van der Waals surface area contributed by atoms with Gasteiger partial charge in [-0.1, -0.05) is 12.1 Å². The van der Waals surface area contributed by atoms with Gasteiger partial charge in [-0.3, -0.25) is 4.79 Å². The summed E-state index contributed by atoms with van der Waals surface area (Å²) in [6, 6.07) is 9.13. The molecule has 9 nitrogen and oxygen atoms in total. The van der Waals surface area contributed by atoms with Gasteiger partial charge in [-0.2, -0.15) is 9.50 Å². The number of aryl methyl sites for hydroxylation is 3. The lowest BCUT2D eigenvalue weighted by Gasteiger charge is -2.37. The van der Waals surface area contributed by atoms with Gasteiger partial charge in [0.05, 0.1) is 30.1 Å². The second kappa shape index (κ2) is 10.0. The zero-order valence-corrected chi connectivity index (χ0v) is 23.9. The van der Waals surface area contributed by atoms with Gasteiger partial charge in [0.25, 0.3) is 5.78 Å². The highest BCUT2D eigenvalue weighted by molar-refractivity contribution is 5.79. The van der Waals surface area contributed by atoms with Crippen LogP contribution in [0.3, 0.4) is 0 Å². The smallest absolute Gasteiger partial charge is 0.253 e. The fourth-order valence-electron chi connectivity index (χ4n) is 7.02. The van der Waals surface area contributed by atoms with Crippen LogP contribution in [0.1, 0.15) is 73.6 Å². The number of carbonyl (C=O) groups is 1. The van der Waals surface area contributed by atoms with Crippen LogP contribution in [-0.4, -0.2) is 74.9 Å². The average molecular weight is 545 g/mol. The number of hydrogen-bond donors (Lipinski definition) is 0. The summed E-state index contributed by atoms with van der Waals surface area (Å²) in [5.74, 6) is 3.24. The van der Waals surface area contributed by atoms with Crippen LogP contribution in [0.5, 0.6) is 5.75 Å². The molecule has 3 aromatic rings. The monoisotopic (exact) mass is 544 g/mol. The molecule has 2 aliphatic heterocycles. The van der Waals surface area contributed by atoms with Crippen LogP contribution in [0.2, 0.25) is 0 Å². The molecule has 0 radical (unpaired) electrons. The van der Waals surface area contributed by atoms with Crippen molar-refractivity contribution in [3.05, 3.63) is 47.0 Å². The minimum Gasteiger partial charge on any atom is -0.485 e. The van der Waals surface area contributed by atoms with Crippen LogP contribution in [0.15, 0.2) is 24.3 Å². The molecule has 2 saturated heterocycles. The molecule has 4 fully saturated rings. The lowest BCUT2D eigenvalue weighted by molar-refractivity contribution is -0.146. The normalized spacial score (nSPS) is 26.0. The first kappa shape index (κ1) is 25.7. The van der Waals surface area contributed by atoms with Gasteiger partial charge in [0.1, 0.15) is 11.9 Å². The van der Waals surface area contributed by atoms with Crippen LogP contribution in [0.25, 0.3) is 5.78 Å². The molecular weight excluding hydrogens is 504 g/mol. The average Bonchev–Trinajstić information content (AvgIpc) is 3.36. The summed E-state index contributed by atoms with van der Waals surface area (Å²) in [7, 11) is 0. The Bertz CT molecular complexity index is 1410. The lowest BCUT2D eigenvalue weighted by atomic mass is 9.78. The highest BCUT2D eigenvalue weighted by Crippen LogP contribution is 2.43. The minimum atomic E-state index is 0.00883. The van der Waals surface area contributed by atoms with Gasteiger partial charge in [0.15, 0.2) is 5.75 Å². The summed E-state index contributed by atoms with van der Waals surface area (Å²) in [5, 5.41) is 4.47. The molecule has 0 bridgehead atoms. The number of benzene rings is 1. The quantitative estimate of drug-likeness (QED) is 0.472. The van der Waals surface area contributed by atoms with E-state index < -0.39 is 0 Å². The highest BCUT2D eigenvalue weighted by atomic mass is 16.5. The Labute approximate surface area is 235 Å². The lowest BCUT2D eigenvalue weighted by Crippen LogP contribution is -2.49. The molecule has 2 aromatic heterocycles. The fraction of sp³-hybridized carbons (Fsp3) is 0.613. The van der Waals surface area contributed by atoms with Crippen LogP contribution >= 0.6 is 0 Å². The Kier molecular flexibility index (Phi) is 6.45. The Morgan fingerprint density at radius 2 is 1.77 bits per heavy atom. The second-order valence-corrected chi connectivity index (χ2v) is 12.4. The van der Waals surface area contributed by atoms with E-state index in [4.69, 9.17) is 9.47 Å². The number of ether oxygens (including phenoxy) is 2. The maximum Gasteiger partial charge on any atom is 0.253 e. The van der Waals surface area contributed by atoms with E-state index in [0.717, 1.165) is 88.3 Å². The number of fused-ring (bicyclic) bond motifs is 1. The first-order valence-electron chi connectivity index (χ1n) is 15.0. The van der Waals surface area contributed by atoms with Gasteiger partial charge in [-0.15, -0.1) is 5.10 Å². The van der Waals surface area contributed by atoms with Crippen molar-refractivity contribution >= 4 is 17.4 Å². The van der Waals surface area contributed by atoms with Crippen molar-refractivity contribution in [2.24, 2.45) is 5.92 Å². The molecule has 4 heterocycles. The van der Waals surface area contributed by atoms with E-state index >= 15 is 0 Å². The van der Waals surface area contributed by atoms with Gasteiger partial charge in [0, 0.05) is 37.7 Å². The predicted octanol–water partition coefficient (Wildman–Crippen LogP) is 4.37. The second-order valence-electron chi connectivity index (χ2n) is 12.4. The Hall–Kier alpha value is -3.20. The zero-order chi connectivity index (χ0) is 27.4. The maximum absolute atomic E-state index is 13.2. The summed E-state index contributed by atoms with van der Waals surface area (Å²) in [6.07, 6.45) is 7.47. The molecule has 4 aliphatic rings. The molecule has 2 aliphatic carbocycles. The number of morpholine rings is 1. The Morgan fingerprint density at radius 3 is 2.52 bits per heavy atom. The van der Waals surface area contributed by atoms with E-state index in [9.17, 15) is 4.79 Å². The third kappa shape index (κ3) is 4.82. The number of rotatable bonds is 5. The minimum absolute atomic E-state index is 0.00883. The molecule has 1 amide bonds. The number of nitrogens with zero attached hydrogens (tertiary/aromatic N) is 6. The van der Waals surface area contributed by atoms with E-state index in [1.807, 2.05) is 20.8 Å². The van der Waals surface area contributed by atoms with Gasteiger partial charge in [0.2, 0.25) is 5.91 Å². The zero-order valence-electron chi connectivity index (χ0n) is 23.9. The van der Waals surface area contributed by atoms with Gasteiger partial charge in [-0.05, 0) is 82.9 Å². The number of anilines is 1. The summed E-state index contributed by atoms with van der Waals surface area (Å²) in [6.45, 7) is 9.97. The van der Waals surface area contributed by atoms with Crippen molar-refractivity contribution in [3.8, 4) is 5.75 Å². The molecule has 2 saturated carbocycles. The summed E-state index contributed by atoms with van der Waals surface area (Å²) in [4.78, 5) is 26.7. The van der Waals surface area contributed by atoms with Crippen molar-refractivity contribution in [1.82, 2.24) is 24.5 Å². The molecule has 7 rings (SSSR count). The van der Waals surface area contributed by atoms with Crippen LogP contribution in [-0.2, 0) is 9.53 Å². The first-order valence-corrected chi connectivity index (χ1v) is 15.0.